The maximum absolute atomic E-state index is 9.54. The van der Waals surface area contributed by atoms with Crippen molar-refractivity contribution in [2.24, 2.45) is 5.92 Å². The summed E-state index contributed by atoms with van der Waals surface area (Å²) in [4.78, 5) is 2.35. The second kappa shape index (κ2) is 8.63. The van der Waals surface area contributed by atoms with Crippen LogP contribution >= 0.6 is 0 Å². The van der Waals surface area contributed by atoms with Crippen LogP contribution in [0, 0.1) is 5.92 Å². The smallest absolute Gasteiger partial charge is 0.0558 e. The van der Waals surface area contributed by atoms with Gasteiger partial charge in [-0.2, -0.15) is 0 Å². The molecule has 1 saturated heterocycles. The van der Waals surface area contributed by atoms with Gasteiger partial charge in [-0.15, -0.1) is 0 Å². The number of aliphatic hydroxyl groups excluding tert-OH is 1. The Morgan fingerprint density at radius 3 is 2.56 bits per heavy atom. The zero-order chi connectivity index (χ0) is 18.5. The van der Waals surface area contributed by atoms with Crippen LogP contribution in [0.3, 0.4) is 0 Å². The fourth-order valence-corrected chi connectivity index (χ4v) is 4.11. The van der Waals surface area contributed by atoms with Crippen LogP contribution in [0.4, 0.5) is 0 Å². The van der Waals surface area contributed by atoms with Crippen molar-refractivity contribution in [3.05, 3.63) is 83.9 Å². The van der Waals surface area contributed by atoms with E-state index in [0.29, 0.717) is 12.5 Å². The molecule has 0 aromatic heterocycles. The maximum atomic E-state index is 9.54. The van der Waals surface area contributed by atoms with E-state index in [0.717, 1.165) is 19.6 Å². The molecule has 4 nitrogen and oxygen atoms in total. The Labute approximate surface area is 160 Å². The van der Waals surface area contributed by atoms with Gasteiger partial charge in [0.1, 0.15) is 0 Å². The van der Waals surface area contributed by atoms with Crippen LogP contribution < -0.4 is 10.9 Å². The predicted octanol–water partition coefficient (Wildman–Crippen LogP) is 3.10. The van der Waals surface area contributed by atoms with Crippen molar-refractivity contribution in [1.29, 1.82) is 0 Å². The monoisotopic (exact) mass is 361 g/mol. The van der Waals surface area contributed by atoms with Crippen molar-refractivity contribution in [2.75, 3.05) is 26.2 Å². The van der Waals surface area contributed by atoms with E-state index >= 15 is 0 Å². The molecule has 1 aliphatic rings. The summed E-state index contributed by atoms with van der Waals surface area (Å²) in [7, 11) is 0. The van der Waals surface area contributed by atoms with Gasteiger partial charge in [-0.25, -0.2) is 5.43 Å². The lowest BCUT2D eigenvalue weighted by Gasteiger charge is -2.28. The summed E-state index contributed by atoms with van der Waals surface area (Å²) in [5.74, 6) is 0.436. The lowest BCUT2D eigenvalue weighted by Crippen LogP contribution is -2.34. The zero-order valence-electron chi connectivity index (χ0n) is 15.5. The minimum Gasteiger partial charge on any atom is -0.395 e. The number of fused-ring (bicyclic) bond motifs is 1. The zero-order valence-corrected chi connectivity index (χ0v) is 15.5. The van der Waals surface area contributed by atoms with Crippen molar-refractivity contribution in [3.63, 3.8) is 0 Å². The van der Waals surface area contributed by atoms with Gasteiger partial charge in [-0.3, -0.25) is 10.3 Å². The molecule has 0 spiro atoms. The van der Waals surface area contributed by atoms with Crippen molar-refractivity contribution < 1.29 is 5.11 Å². The van der Waals surface area contributed by atoms with E-state index in [-0.39, 0.29) is 12.6 Å². The van der Waals surface area contributed by atoms with Crippen LogP contribution in [0.15, 0.2) is 72.8 Å². The predicted molar refractivity (Wildman–Crippen MR) is 110 cm³/mol. The van der Waals surface area contributed by atoms with Crippen molar-refractivity contribution >= 4 is 10.8 Å². The van der Waals surface area contributed by atoms with E-state index < -0.39 is 0 Å². The van der Waals surface area contributed by atoms with E-state index in [4.69, 9.17) is 0 Å². The molecule has 2 atom stereocenters. The van der Waals surface area contributed by atoms with Crippen molar-refractivity contribution in [2.45, 2.75) is 12.6 Å². The standard InChI is InChI=1S/C23H27N3O/c27-14-13-26(16-18-7-2-1-3-8-18)17-20-15-24-25-23(20)22-12-6-10-19-9-4-5-11-21(19)22/h1-12,20,23-25,27H,13-17H2. The van der Waals surface area contributed by atoms with Crippen molar-refractivity contribution in [3.8, 4) is 0 Å². The fourth-order valence-electron chi connectivity index (χ4n) is 4.11. The first-order valence-corrected chi connectivity index (χ1v) is 9.68. The Hall–Kier alpha value is -2.24. The summed E-state index contributed by atoms with van der Waals surface area (Å²) >= 11 is 0. The molecule has 0 amide bonds. The van der Waals surface area contributed by atoms with E-state index in [1.54, 1.807) is 0 Å². The molecule has 0 bridgehead atoms. The van der Waals surface area contributed by atoms with Gasteiger partial charge in [0.15, 0.2) is 0 Å². The number of rotatable bonds is 7. The van der Waals surface area contributed by atoms with Gasteiger partial charge in [0.05, 0.1) is 12.6 Å². The van der Waals surface area contributed by atoms with Gasteiger partial charge in [0, 0.05) is 32.1 Å². The molecule has 1 fully saturated rings. The summed E-state index contributed by atoms with van der Waals surface area (Å²) in [5.41, 5.74) is 9.47. The second-order valence-corrected chi connectivity index (χ2v) is 7.28. The number of nitrogens with zero attached hydrogens (tertiary/aromatic N) is 1. The normalized spacial score (nSPS) is 19.8. The minimum atomic E-state index is 0.180. The van der Waals surface area contributed by atoms with E-state index in [1.165, 1.54) is 21.9 Å². The van der Waals surface area contributed by atoms with Gasteiger partial charge in [-0.1, -0.05) is 72.8 Å². The number of aliphatic hydroxyl groups is 1. The van der Waals surface area contributed by atoms with Gasteiger partial charge in [0.25, 0.3) is 0 Å². The highest BCUT2D eigenvalue weighted by atomic mass is 16.3. The molecule has 3 aromatic carbocycles. The second-order valence-electron chi connectivity index (χ2n) is 7.28. The molecule has 0 aliphatic carbocycles. The highest BCUT2D eigenvalue weighted by Gasteiger charge is 2.30. The molecule has 3 N–H and O–H groups in total. The molecule has 27 heavy (non-hydrogen) atoms. The van der Waals surface area contributed by atoms with Crippen LogP contribution in [0.2, 0.25) is 0 Å². The fraction of sp³-hybridized carbons (Fsp3) is 0.304. The number of nitrogens with one attached hydrogen (secondary N) is 2. The van der Waals surface area contributed by atoms with Crippen LogP contribution in [-0.2, 0) is 6.54 Å². The molecule has 2 unspecified atom stereocenters. The van der Waals surface area contributed by atoms with Crippen molar-refractivity contribution in [1.82, 2.24) is 15.8 Å². The Bertz CT molecular complexity index is 862. The topological polar surface area (TPSA) is 47.5 Å². The summed E-state index contributed by atoms with van der Waals surface area (Å²) in [6.07, 6.45) is 0. The summed E-state index contributed by atoms with van der Waals surface area (Å²) < 4.78 is 0. The Kier molecular flexibility index (Phi) is 5.80. The average molecular weight is 361 g/mol. The molecule has 4 heteroatoms. The van der Waals surface area contributed by atoms with Crippen LogP contribution in [0.1, 0.15) is 17.2 Å². The molecule has 1 aliphatic heterocycles. The van der Waals surface area contributed by atoms with Crippen LogP contribution in [-0.4, -0.2) is 36.2 Å². The number of hydrogen-bond acceptors (Lipinski definition) is 4. The van der Waals surface area contributed by atoms with E-state index in [1.807, 2.05) is 6.07 Å². The first-order chi connectivity index (χ1) is 13.3. The molecule has 1 heterocycles. The number of hydrazine groups is 1. The number of benzene rings is 3. The first kappa shape index (κ1) is 18.1. The molecule has 3 aromatic rings. The summed E-state index contributed by atoms with van der Waals surface area (Å²) in [6.45, 7) is 3.58. The number of hydrogen-bond donors (Lipinski definition) is 3. The minimum absolute atomic E-state index is 0.180. The Balaban J connectivity index is 1.54. The molecule has 4 rings (SSSR count). The van der Waals surface area contributed by atoms with E-state index in [2.05, 4.69) is 82.5 Å². The Morgan fingerprint density at radius 2 is 1.70 bits per heavy atom. The molecule has 0 saturated carbocycles. The first-order valence-electron chi connectivity index (χ1n) is 9.68. The summed E-state index contributed by atoms with van der Waals surface area (Å²) in [6, 6.07) is 25.9. The molecule has 0 radical (unpaired) electrons. The highest BCUT2D eigenvalue weighted by Crippen LogP contribution is 2.31. The maximum Gasteiger partial charge on any atom is 0.0558 e. The SMILES string of the molecule is OCCN(Cc1ccccc1)CC1CNNC1c1cccc2ccccc12. The van der Waals surface area contributed by atoms with Crippen LogP contribution in [0.25, 0.3) is 10.8 Å². The quantitative estimate of drug-likeness (QED) is 0.605. The molecular formula is C23H27N3O. The van der Waals surface area contributed by atoms with Gasteiger partial charge >= 0.3 is 0 Å². The third-order valence-corrected chi connectivity index (χ3v) is 5.41. The van der Waals surface area contributed by atoms with Gasteiger partial charge in [0.2, 0.25) is 0 Å². The van der Waals surface area contributed by atoms with E-state index in [9.17, 15) is 5.11 Å². The lowest BCUT2D eigenvalue weighted by molar-refractivity contribution is 0.167. The average Bonchev–Trinajstić information content (AvgIpc) is 3.16. The third-order valence-electron chi connectivity index (χ3n) is 5.41. The Morgan fingerprint density at radius 1 is 0.926 bits per heavy atom. The largest absolute Gasteiger partial charge is 0.395 e. The molecular weight excluding hydrogens is 334 g/mol. The third kappa shape index (κ3) is 4.20. The van der Waals surface area contributed by atoms with Gasteiger partial charge in [-0.05, 0) is 21.9 Å². The molecule has 140 valence electrons. The highest BCUT2D eigenvalue weighted by molar-refractivity contribution is 5.86. The van der Waals surface area contributed by atoms with Gasteiger partial charge < -0.3 is 5.11 Å². The summed E-state index contributed by atoms with van der Waals surface area (Å²) in [5, 5.41) is 12.1. The lowest BCUT2D eigenvalue weighted by atomic mass is 9.90. The van der Waals surface area contributed by atoms with Crippen LogP contribution in [0.5, 0.6) is 0 Å².